The molecule has 0 unspecified atom stereocenters. The molecule has 178 valence electrons. The minimum Gasteiger partial charge on any atom is -0.444 e. The summed E-state index contributed by atoms with van der Waals surface area (Å²) < 4.78 is 19.2. The minimum atomic E-state index is -0.550. The molecule has 33 heavy (non-hydrogen) atoms. The van der Waals surface area contributed by atoms with E-state index >= 15 is 0 Å². The van der Waals surface area contributed by atoms with Crippen molar-refractivity contribution >= 4 is 41.7 Å². The molecule has 0 heterocycles. The van der Waals surface area contributed by atoms with Crippen molar-refractivity contribution in [1.29, 1.82) is 5.26 Å². The molecule has 3 N–H and O–H groups in total. The molecule has 0 fully saturated rings. The van der Waals surface area contributed by atoms with Crippen LogP contribution in [0.5, 0.6) is 0 Å². The molecule has 0 saturated heterocycles. The molecule has 0 aliphatic carbocycles. The summed E-state index contributed by atoms with van der Waals surface area (Å²) in [6.07, 6.45) is 0.241. The van der Waals surface area contributed by atoms with E-state index in [0.29, 0.717) is 35.9 Å². The van der Waals surface area contributed by atoms with Crippen LogP contribution in [0.25, 0.3) is 0 Å². The molecule has 2 rings (SSSR count). The molecule has 7 nitrogen and oxygen atoms in total. The molecule has 9 heteroatoms. The van der Waals surface area contributed by atoms with E-state index in [1.165, 1.54) is 18.2 Å². The Hall–Kier alpha value is -2.87. The Labute approximate surface area is 211 Å². The SMILES string of the molecule is CCNC(=NCc1cc(C#N)ccc1F)NCCc1ccc(NC(=O)OC(C)(C)C)cc1.I. The molecule has 0 aliphatic rings. The third-order valence-electron chi connectivity index (χ3n) is 4.23. The highest BCUT2D eigenvalue weighted by Crippen LogP contribution is 2.13. The highest BCUT2D eigenvalue weighted by atomic mass is 127. The number of nitrogens with one attached hydrogen (secondary N) is 3. The average Bonchev–Trinajstić information content (AvgIpc) is 2.73. The van der Waals surface area contributed by atoms with Crippen molar-refractivity contribution in [1.82, 2.24) is 10.6 Å². The first-order chi connectivity index (χ1) is 15.2. The van der Waals surface area contributed by atoms with E-state index in [1.54, 1.807) is 0 Å². The number of rotatable bonds is 7. The Morgan fingerprint density at radius 1 is 1.15 bits per heavy atom. The van der Waals surface area contributed by atoms with Crippen molar-refractivity contribution in [2.75, 3.05) is 18.4 Å². The summed E-state index contributed by atoms with van der Waals surface area (Å²) in [4.78, 5) is 16.3. The van der Waals surface area contributed by atoms with E-state index < -0.39 is 11.7 Å². The van der Waals surface area contributed by atoms with E-state index in [9.17, 15) is 9.18 Å². The van der Waals surface area contributed by atoms with Crippen LogP contribution in [0.4, 0.5) is 14.9 Å². The molecule has 0 aliphatic heterocycles. The normalized spacial score (nSPS) is 11.1. The average molecular weight is 567 g/mol. The number of carbonyl (C=O) groups excluding carboxylic acids is 1. The van der Waals surface area contributed by atoms with Gasteiger partial charge in [-0.05, 0) is 70.0 Å². The minimum absolute atomic E-state index is 0. The van der Waals surface area contributed by atoms with Gasteiger partial charge in [-0.15, -0.1) is 24.0 Å². The standard InChI is InChI=1S/C24H30FN5O2.HI/c1-5-27-22(29-16-19-14-18(15-26)8-11-21(19)25)28-13-12-17-6-9-20(10-7-17)30-23(31)32-24(2,3)4;/h6-11,14H,5,12-13,16H2,1-4H3,(H,30,31)(H2,27,28,29);1H. The largest absolute Gasteiger partial charge is 0.444 e. The number of halogens is 2. The van der Waals surface area contributed by atoms with Crippen LogP contribution >= 0.6 is 24.0 Å². The maximum Gasteiger partial charge on any atom is 0.412 e. The van der Waals surface area contributed by atoms with Crippen molar-refractivity contribution in [2.45, 2.75) is 46.3 Å². The number of anilines is 1. The zero-order valence-electron chi connectivity index (χ0n) is 19.4. The quantitative estimate of drug-likeness (QED) is 0.250. The Bertz CT molecular complexity index is 982. The van der Waals surface area contributed by atoms with Gasteiger partial charge in [0.05, 0.1) is 18.2 Å². The Morgan fingerprint density at radius 3 is 2.45 bits per heavy atom. The van der Waals surface area contributed by atoms with Crippen LogP contribution in [0.1, 0.15) is 44.4 Å². The number of guanidine groups is 1. The lowest BCUT2D eigenvalue weighted by Gasteiger charge is -2.19. The monoisotopic (exact) mass is 567 g/mol. The lowest BCUT2D eigenvalue weighted by Crippen LogP contribution is -2.38. The van der Waals surface area contributed by atoms with E-state index in [2.05, 4.69) is 20.9 Å². The van der Waals surface area contributed by atoms with Crippen LogP contribution in [0, 0.1) is 17.1 Å². The lowest BCUT2D eigenvalue weighted by molar-refractivity contribution is 0.0636. The van der Waals surface area contributed by atoms with Crippen LogP contribution in [-0.4, -0.2) is 30.7 Å². The summed E-state index contributed by atoms with van der Waals surface area (Å²) >= 11 is 0. The summed E-state index contributed by atoms with van der Waals surface area (Å²) in [7, 11) is 0. The smallest absolute Gasteiger partial charge is 0.412 e. The highest BCUT2D eigenvalue weighted by molar-refractivity contribution is 14.0. The van der Waals surface area contributed by atoms with Crippen molar-refractivity contribution in [3.63, 3.8) is 0 Å². The van der Waals surface area contributed by atoms with E-state index in [4.69, 9.17) is 10.00 Å². The number of benzene rings is 2. The summed E-state index contributed by atoms with van der Waals surface area (Å²) in [6, 6.07) is 13.8. The van der Waals surface area contributed by atoms with Gasteiger partial charge in [-0.3, -0.25) is 5.32 Å². The maximum absolute atomic E-state index is 14.0. The third kappa shape index (κ3) is 10.5. The number of ether oxygens (including phenoxy) is 1. The predicted octanol–water partition coefficient (Wildman–Crippen LogP) is 4.96. The van der Waals surface area contributed by atoms with Gasteiger partial charge in [0.15, 0.2) is 5.96 Å². The number of aliphatic imine (C=N–C) groups is 1. The zero-order chi connectivity index (χ0) is 23.6. The number of nitrogens with zero attached hydrogens (tertiary/aromatic N) is 2. The first-order valence-corrected chi connectivity index (χ1v) is 10.5. The molecule has 0 spiro atoms. The molecule has 0 bridgehead atoms. The molecule has 0 aromatic heterocycles. The number of hydrogen-bond acceptors (Lipinski definition) is 4. The number of amides is 1. The highest BCUT2D eigenvalue weighted by Gasteiger charge is 2.16. The second-order valence-electron chi connectivity index (χ2n) is 8.11. The first-order valence-electron chi connectivity index (χ1n) is 10.5. The zero-order valence-corrected chi connectivity index (χ0v) is 21.7. The summed E-state index contributed by atoms with van der Waals surface area (Å²) in [5, 5.41) is 18.0. The molecule has 0 atom stereocenters. The predicted molar refractivity (Wildman–Crippen MR) is 139 cm³/mol. The fraction of sp³-hybridized carbons (Fsp3) is 0.375. The lowest BCUT2D eigenvalue weighted by atomic mass is 10.1. The van der Waals surface area contributed by atoms with Gasteiger partial charge < -0.3 is 15.4 Å². The molecule has 0 radical (unpaired) electrons. The maximum atomic E-state index is 14.0. The van der Waals surface area contributed by atoms with E-state index in [0.717, 1.165) is 12.0 Å². The van der Waals surface area contributed by atoms with Gasteiger partial charge in [-0.25, -0.2) is 14.2 Å². The van der Waals surface area contributed by atoms with Gasteiger partial charge in [-0.1, -0.05) is 12.1 Å². The number of carbonyl (C=O) groups is 1. The van der Waals surface area contributed by atoms with Crippen LogP contribution in [0.15, 0.2) is 47.5 Å². The van der Waals surface area contributed by atoms with E-state index in [1.807, 2.05) is 58.0 Å². The van der Waals surface area contributed by atoms with Gasteiger partial charge in [-0.2, -0.15) is 5.26 Å². The molecular weight excluding hydrogens is 536 g/mol. The third-order valence-corrected chi connectivity index (χ3v) is 4.23. The van der Waals surface area contributed by atoms with Crippen molar-refractivity contribution in [2.24, 2.45) is 4.99 Å². The summed E-state index contributed by atoms with van der Waals surface area (Å²) in [6.45, 7) is 8.80. The summed E-state index contributed by atoms with van der Waals surface area (Å²) in [5.41, 5.74) is 1.96. The van der Waals surface area contributed by atoms with Crippen LogP contribution in [-0.2, 0) is 17.7 Å². The van der Waals surface area contributed by atoms with Crippen LogP contribution in [0.2, 0.25) is 0 Å². The van der Waals surface area contributed by atoms with Crippen LogP contribution < -0.4 is 16.0 Å². The Balaban J connectivity index is 0.00000544. The fourth-order valence-corrected chi connectivity index (χ4v) is 2.77. The molecule has 2 aromatic carbocycles. The molecule has 2 aromatic rings. The molecular formula is C24H31FIN5O2. The fourth-order valence-electron chi connectivity index (χ4n) is 2.77. The summed E-state index contributed by atoms with van der Waals surface area (Å²) in [5.74, 6) is 0.182. The Morgan fingerprint density at radius 2 is 1.85 bits per heavy atom. The van der Waals surface area contributed by atoms with Crippen LogP contribution in [0.3, 0.4) is 0 Å². The Kier molecular flexibility index (Phi) is 11.6. The second-order valence-corrected chi connectivity index (χ2v) is 8.11. The van der Waals surface area contributed by atoms with Gasteiger partial charge in [0.2, 0.25) is 0 Å². The van der Waals surface area contributed by atoms with Gasteiger partial charge >= 0.3 is 6.09 Å². The second kappa shape index (κ2) is 13.6. The van der Waals surface area contributed by atoms with Gasteiger partial charge in [0, 0.05) is 24.3 Å². The van der Waals surface area contributed by atoms with Crippen molar-refractivity contribution < 1.29 is 13.9 Å². The van der Waals surface area contributed by atoms with Gasteiger partial charge in [0.1, 0.15) is 11.4 Å². The number of hydrogen-bond donors (Lipinski definition) is 3. The van der Waals surface area contributed by atoms with Crippen molar-refractivity contribution in [3.05, 3.63) is 65.0 Å². The van der Waals surface area contributed by atoms with Gasteiger partial charge in [0.25, 0.3) is 0 Å². The topological polar surface area (TPSA) is 98.5 Å². The molecule has 0 saturated carbocycles. The van der Waals surface area contributed by atoms with E-state index in [-0.39, 0.29) is 36.3 Å². The molecule has 1 amide bonds. The van der Waals surface area contributed by atoms with Crippen molar-refractivity contribution in [3.8, 4) is 6.07 Å². The first kappa shape index (κ1) is 28.2. The number of nitriles is 1.